The quantitative estimate of drug-likeness (QED) is 0.498. The van der Waals surface area contributed by atoms with Crippen LogP contribution in [0, 0.1) is 5.41 Å². The highest BCUT2D eigenvalue weighted by atomic mass is 16.5. The Morgan fingerprint density at radius 3 is 2.27 bits per heavy atom. The minimum absolute atomic E-state index is 0.0216. The van der Waals surface area contributed by atoms with Gasteiger partial charge in [0.1, 0.15) is 11.5 Å². The van der Waals surface area contributed by atoms with Crippen LogP contribution in [0.4, 0.5) is 5.69 Å². The summed E-state index contributed by atoms with van der Waals surface area (Å²) in [4.78, 5) is 33.0. The summed E-state index contributed by atoms with van der Waals surface area (Å²) in [6, 6.07) is 22.7. The molecule has 0 saturated carbocycles. The summed E-state index contributed by atoms with van der Waals surface area (Å²) < 4.78 is 5.90. The standard InChI is InChI=1S/C28H26N2O3/c1-28(2)17-24-27(25(31)18-28)22(23-10-6-7-15-29-23)16-26(32)30(24)19-11-13-21(14-12-19)33-20-8-4-3-5-9-20/h3-15,22H,16-18H2,1-2H3. The summed E-state index contributed by atoms with van der Waals surface area (Å²) in [5.74, 6) is 1.23. The van der Waals surface area contributed by atoms with Gasteiger partial charge in [0, 0.05) is 47.6 Å². The molecule has 1 aliphatic carbocycles. The molecular weight excluding hydrogens is 412 g/mol. The number of ketones is 1. The number of aromatic nitrogens is 1. The number of rotatable bonds is 4. The van der Waals surface area contributed by atoms with E-state index in [1.807, 2.05) is 72.8 Å². The highest BCUT2D eigenvalue weighted by Crippen LogP contribution is 2.47. The lowest BCUT2D eigenvalue weighted by Crippen LogP contribution is -2.43. The zero-order valence-corrected chi connectivity index (χ0v) is 18.8. The highest BCUT2D eigenvalue weighted by molar-refractivity contribution is 6.07. The second kappa shape index (κ2) is 8.32. The van der Waals surface area contributed by atoms with Gasteiger partial charge in [0.15, 0.2) is 5.78 Å². The molecule has 0 saturated heterocycles. The van der Waals surface area contributed by atoms with Gasteiger partial charge in [0.25, 0.3) is 0 Å². The van der Waals surface area contributed by atoms with Crippen molar-refractivity contribution in [3.63, 3.8) is 0 Å². The normalized spacial score (nSPS) is 19.9. The van der Waals surface area contributed by atoms with Gasteiger partial charge in [0.2, 0.25) is 5.91 Å². The molecule has 5 heteroatoms. The summed E-state index contributed by atoms with van der Waals surface area (Å²) in [6.45, 7) is 4.16. The summed E-state index contributed by atoms with van der Waals surface area (Å²) >= 11 is 0. The molecule has 5 nitrogen and oxygen atoms in total. The van der Waals surface area contributed by atoms with E-state index in [0.717, 1.165) is 28.4 Å². The van der Waals surface area contributed by atoms with Gasteiger partial charge in [0.05, 0.1) is 0 Å². The first-order valence-electron chi connectivity index (χ1n) is 11.2. The summed E-state index contributed by atoms with van der Waals surface area (Å²) in [5.41, 5.74) is 2.85. The number of para-hydroxylation sites is 1. The monoisotopic (exact) mass is 438 g/mol. The molecule has 166 valence electrons. The fraction of sp³-hybridized carbons (Fsp3) is 0.250. The first-order valence-corrected chi connectivity index (χ1v) is 11.2. The minimum Gasteiger partial charge on any atom is -0.457 e. The Kier molecular flexibility index (Phi) is 5.33. The average Bonchev–Trinajstić information content (AvgIpc) is 2.80. The molecule has 1 aliphatic heterocycles. The van der Waals surface area contributed by atoms with Crippen LogP contribution in [0.3, 0.4) is 0 Å². The minimum atomic E-state index is -0.297. The third-order valence-corrected chi connectivity index (χ3v) is 6.26. The van der Waals surface area contributed by atoms with E-state index < -0.39 is 0 Å². The summed E-state index contributed by atoms with van der Waals surface area (Å²) in [6.07, 6.45) is 3.08. The van der Waals surface area contributed by atoms with E-state index >= 15 is 0 Å². The van der Waals surface area contributed by atoms with Gasteiger partial charge in [-0.05, 0) is 60.4 Å². The number of carbonyl (C=O) groups is 2. The van der Waals surface area contributed by atoms with Crippen molar-refractivity contribution in [2.45, 2.75) is 39.0 Å². The number of nitrogens with zero attached hydrogens (tertiary/aromatic N) is 2. The van der Waals surface area contributed by atoms with Crippen LogP contribution in [0.1, 0.15) is 44.7 Å². The second-order valence-corrected chi connectivity index (χ2v) is 9.45. The van der Waals surface area contributed by atoms with Crippen molar-refractivity contribution in [3.05, 3.63) is 96.0 Å². The number of hydrogen-bond acceptors (Lipinski definition) is 4. The Morgan fingerprint density at radius 1 is 0.879 bits per heavy atom. The van der Waals surface area contributed by atoms with Crippen molar-refractivity contribution in [1.29, 1.82) is 0 Å². The third kappa shape index (κ3) is 4.19. The number of anilines is 1. The van der Waals surface area contributed by atoms with E-state index in [2.05, 4.69) is 18.8 Å². The number of Topliss-reactive ketones (excluding diaryl/α,β-unsaturated/α-hetero) is 1. The van der Waals surface area contributed by atoms with Crippen molar-refractivity contribution in [1.82, 2.24) is 4.98 Å². The van der Waals surface area contributed by atoms with Gasteiger partial charge in [-0.2, -0.15) is 0 Å². The van der Waals surface area contributed by atoms with Gasteiger partial charge >= 0.3 is 0 Å². The van der Waals surface area contributed by atoms with Gasteiger partial charge in [-0.3, -0.25) is 19.5 Å². The van der Waals surface area contributed by atoms with Crippen LogP contribution < -0.4 is 9.64 Å². The average molecular weight is 439 g/mol. The zero-order valence-electron chi connectivity index (χ0n) is 18.8. The van der Waals surface area contributed by atoms with Gasteiger partial charge in [-0.15, -0.1) is 0 Å². The molecule has 1 aromatic heterocycles. The lowest BCUT2D eigenvalue weighted by molar-refractivity contribution is -0.121. The SMILES string of the molecule is CC1(C)CC(=O)C2=C(C1)N(c1ccc(Oc3ccccc3)cc1)C(=O)CC2c1ccccn1. The topological polar surface area (TPSA) is 59.5 Å². The fourth-order valence-corrected chi connectivity index (χ4v) is 4.84. The van der Waals surface area contributed by atoms with E-state index in [0.29, 0.717) is 18.6 Å². The Hall–Kier alpha value is -3.73. The number of carbonyl (C=O) groups excluding carboxylic acids is 2. The molecule has 0 fully saturated rings. The molecule has 2 aliphatic rings. The molecule has 0 spiro atoms. The Bertz CT molecular complexity index is 1220. The zero-order chi connectivity index (χ0) is 23.0. The Labute approximate surface area is 193 Å². The maximum Gasteiger partial charge on any atom is 0.232 e. The molecule has 0 radical (unpaired) electrons. The van der Waals surface area contributed by atoms with Crippen molar-refractivity contribution in [3.8, 4) is 11.5 Å². The van der Waals surface area contributed by atoms with E-state index in [1.54, 1.807) is 11.1 Å². The first-order chi connectivity index (χ1) is 15.9. The van der Waals surface area contributed by atoms with E-state index in [9.17, 15) is 9.59 Å². The molecular formula is C28H26N2O3. The molecule has 2 heterocycles. The smallest absolute Gasteiger partial charge is 0.232 e. The molecule has 1 unspecified atom stereocenters. The van der Waals surface area contributed by atoms with E-state index in [-0.39, 0.29) is 29.4 Å². The molecule has 5 rings (SSSR count). The first kappa shape index (κ1) is 21.1. The number of hydrogen-bond donors (Lipinski definition) is 0. The van der Waals surface area contributed by atoms with Crippen LogP contribution in [0.15, 0.2) is 90.3 Å². The Balaban J connectivity index is 1.53. The molecule has 1 amide bonds. The van der Waals surface area contributed by atoms with Crippen LogP contribution in [0.5, 0.6) is 11.5 Å². The van der Waals surface area contributed by atoms with Crippen molar-refractivity contribution < 1.29 is 14.3 Å². The molecule has 2 aromatic carbocycles. The number of amides is 1. The molecule has 0 bridgehead atoms. The number of allylic oxidation sites excluding steroid dienone is 2. The van der Waals surface area contributed by atoms with Crippen LogP contribution in [0.25, 0.3) is 0 Å². The molecule has 0 N–H and O–H groups in total. The number of benzene rings is 2. The predicted molar refractivity (Wildman–Crippen MR) is 127 cm³/mol. The predicted octanol–water partition coefficient (Wildman–Crippen LogP) is 6.04. The maximum absolute atomic E-state index is 13.4. The lowest BCUT2D eigenvalue weighted by atomic mass is 9.70. The Morgan fingerprint density at radius 2 is 1.58 bits per heavy atom. The van der Waals surface area contributed by atoms with E-state index in [1.165, 1.54) is 0 Å². The highest BCUT2D eigenvalue weighted by Gasteiger charge is 2.44. The lowest BCUT2D eigenvalue weighted by Gasteiger charge is -2.42. The molecule has 33 heavy (non-hydrogen) atoms. The van der Waals surface area contributed by atoms with Crippen molar-refractivity contribution in [2.75, 3.05) is 4.90 Å². The van der Waals surface area contributed by atoms with Crippen LogP contribution >= 0.6 is 0 Å². The van der Waals surface area contributed by atoms with Gasteiger partial charge < -0.3 is 4.74 Å². The molecule has 3 aromatic rings. The summed E-state index contributed by atoms with van der Waals surface area (Å²) in [7, 11) is 0. The maximum atomic E-state index is 13.4. The number of ether oxygens (including phenoxy) is 1. The largest absolute Gasteiger partial charge is 0.457 e. The van der Waals surface area contributed by atoms with Crippen LogP contribution in [-0.4, -0.2) is 16.7 Å². The fourth-order valence-electron chi connectivity index (χ4n) is 4.84. The third-order valence-electron chi connectivity index (χ3n) is 6.26. The van der Waals surface area contributed by atoms with Crippen LogP contribution in [-0.2, 0) is 9.59 Å². The van der Waals surface area contributed by atoms with Crippen molar-refractivity contribution >= 4 is 17.4 Å². The van der Waals surface area contributed by atoms with Crippen LogP contribution in [0.2, 0.25) is 0 Å². The molecule has 1 atom stereocenters. The summed E-state index contributed by atoms with van der Waals surface area (Å²) in [5, 5.41) is 0. The second-order valence-electron chi connectivity index (χ2n) is 9.45. The van der Waals surface area contributed by atoms with Gasteiger partial charge in [-0.25, -0.2) is 0 Å². The van der Waals surface area contributed by atoms with E-state index in [4.69, 9.17) is 4.74 Å². The van der Waals surface area contributed by atoms with Gasteiger partial charge in [-0.1, -0.05) is 38.1 Å². The van der Waals surface area contributed by atoms with Crippen molar-refractivity contribution in [2.24, 2.45) is 5.41 Å². The number of pyridine rings is 1.